The van der Waals surface area contributed by atoms with Crippen molar-refractivity contribution in [3.8, 4) is 11.8 Å². The third kappa shape index (κ3) is 4.07. The Hall–Kier alpha value is -1.35. The van der Waals surface area contributed by atoms with Crippen LogP contribution in [0.3, 0.4) is 0 Å². The van der Waals surface area contributed by atoms with Crippen LogP contribution in [-0.4, -0.2) is 43.5 Å². The molecule has 1 aromatic heterocycles. The summed E-state index contributed by atoms with van der Waals surface area (Å²) >= 11 is 1.41. The molecule has 0 saturated carbocycles. The van der Waals surface area contributed by atoms with E-state index in [1.54, 1.807) is 0 Å². The van der Waals surface area contributed by atoms with Crippen LogP contribution in [0.15, 0.2) is 12.1 Å². The summed E-state index contributed by atoms with van der Waals surface area (Å²) in [6, 6.07) is 4.16. The van der Waals surface area contributed by atoms with Gasteiger partial charge < -0.3 is 16.0 Å². The number of nitrogens with one attached hydrogen (secondary N) is 1. The lowest BCUT2D eigenvalue weighted by molar-refractivity contribution is 0.0932. The molecule has 0 spiro atoms. The maximum absolute atomic E-state index is 12.1. The lowest BCUT2D eigenvalue weighted by atomic mass is 10.0. The number of likely N-dealkylation sites (N-methyl/N-ethyl adjacent to an activating group) is 1. The van der Waals surface area contributed by atoms with Crippen molar-refractivity contribution in [1.82, 2.24) is 10.2 Å². The molecule has 2 rings (SSSR count). The van der Waals surface area contributed by atoms with Crippen LogP contribution in [0, 0.1) is 11.8 Å². The Kier molecular flexibility index (Phi) is 5.60. The van der Waals surface area contributed by atoms with Crippen molar-refractivity contribution in [3.63, 3.8) is 0 Å². The van der Waals surface area contributed by atoms with E-state index in [4.69, 9.17) is 5.73 Å². The van der Waals surface area contributed by atoms with Gasteiger partial charge >= 0.3 is 0 Å². The number of hydrogen-bond donors (Lipinski definition) is 2. The van der Waals surface area contributed by atoms with E-state index in [9.17, 15) is 4.79 Å². The second kappa shape index (κ2) is 7.44. The molecule has 1 aliphatic rings. The molecule has 4 nitrogen and oxygen atoms in total. The molecule has 20 heavy (non-hydrogen) atoms. The van der Waals surface area contributed by atoms with Crippen molar-refractivity contribution in [2.24, 2.45) is 5.73 Å². The molecule has 2 heterocycles. The molecule has 0 bridgehead atoms. The summed E-state index contributed by atoms with van der Waals surface area (Å²) in [7, 11) is 2.13. The number of thiophene rings is 1. The summed E-state index contributed by atoms with van der Waals surface area (Å²) in [4.78, 5) is 16.0. The standard InChI is InChI=1S/C15H21N3OS/c1-18-10-3-2-5-12(18)11-17-15(19)14-8-7-13(20-14)6-4-9-16/h7-8,12H,2-3,5,9-11,16H2,1H3,(H,17,19). The number of rotatable bonds is 3. The minimum Gasteiger partial charge on any atom is -0.350 e. The SMILES string of the molecule is CN1CCCCC1CNC(=O)c1ccc(C#CCN)s1. The summed E-state index contributed by atoms with van der Waals surface area (Å²) in [6.07, 6.45) is 3.67. The lowest BCUT2D eigenvalue weighted by Gasteiger charge is -2.32. The van der Waals surface area contributed by atoms with E-state index in [-0.39, 0.29) is 5.91 Å². The Morgan fingerprint density at radius 3 is 3.15 bits per heavy atom. The first-order chi connectivity index (χ1) is 9.70. The van der Waals surface area contributed by atoms with Gasteiger partial charge in [-0.1, -0.05) is 18.3 Å². The molecule has 1 amide bonds. The number of amides is 1. The van der Waals surface area contributed by atoms with E-state index in [1.165, 1.54) is 24.2 Å². The van der Waals surface area contributed by atoms with Gasteiger partial charge in [0.2, 0.25) is 0 Å². The number of nitrogens with zero attached hydrogens (tertiary/aromatic N) is 1. The van der Waals surface area contributed by atoms with E-state index in [1.807, 2.05) is 12.1 Å². The number of likely N-dealkylation sites (tertiary alicyclic amines) is 1. The van der Waals surface area contributed by atoms with Gasteiger partial charge in [-0.2, -0.15) is 0 Å². The van der Waals surface area contributed by atoms with Crippen LogP contribution in [0.25, 0.3) is 0 Å². The molecular formula is C15H21N3OS. The predicted molar refractivity (Wildman–Crippen MR) is 82.9 cm³/mol. The van der Waals surface area contributed by atoms with E-state index in [0.29, 0.717) is 17.5 Å². The predicted octanol–water partition coefficient (Wildman–Crippen LogP) is 1.27. The number of carbonyl (C=O) groups excluding carboxylic acids is 1. The van der Waals surface area contributed by atoms with Gasteiger partial charge in [0.05, 0.1) is 16.3 Å². The van der Waals surface area contributed by atoms with Crippen LogP contribution in [-0.2, 0) is 0 Å². The summed E-state index contributed by atoms with van der Waals surface area (Å²) in [5.41, 5.74) is 5.33. The molecule has 1 saturated heterocycles. The fourth-order valence-corrected chi connectivity index (χ4v) is 3.16. The molecule has 0 aromatic carbocycles. The Bertz CT molecular complexity index is 515. The minimum absolute atomic E-state index is 0.00484. The van der Waals surface area contributed by atoms with Gasteiger partial charge in [-0.25, -0.2) is 0 Å². The van der Waals surface area contributed by atoms with Gasteiger partial charge in [0, 0.05) is 12.6 Å². The van der Waals surface area contributed by atoms with Crippen molar-refractivity contribution in [1.29, 1.82) is 0 Å². The van der Waals surface area contributed by atoms with Crippen LogP contribution in [0.1, 0.15) is 33.8 Å². The number of carbonyl (C=O) groups is 1. The number of piperidine rings is 1. The zero-order valence-electron chi connectivity index (χ0n) is 11.8. The second-order valence-electron chi connectivity index (χ2n) is 5.01. The normalized spacial score (nSPS) is 19.2. The van der Waals surface area contributed by atoms with Crippen molar-refractivity contribution in [2.45, 2.75) is 25.3 Å². The van der Waals surface area contributed by atoms with Crippen LogP contribution in [0.2, 0.25) is 0 Å². The summed E-state index contributed by atoms with van der Waals surface area (Å²) in [6.45, 7) is 2.18. The monoisotopic (exact) mass is 291 g/mol. The summed E-state index contributed by atoms with van der Waals surface area (Å²) < 4.78 is 0. The van der Waals surface area contributed by atoms with E-state index in [0.717, 1.165) is 24.4 Å². The molecule has 0 radical (unpaired) electrons. The van der Waals surface area contributed by atoms with Gasteiger partial charge in [0.15, 0.2) is 0 Å². The third-order valence-corrected chi connectivity index (χ3v) is 4.56. The van der Waals surface area contributed by atoms with Crippen molar-refractivity contribution in [2.75, 3.05) is 26.7 Å². The minimum atomic E-state index is -0.00484. The maximum atomic E-state index is 12.1. The average Bonchev–Trinajstić information content (AvgIpc) is 2.93. The first-order valence-electron chi connectivity index (χ1n) is 6.98. The molecule has 1 aromatic rings. The highest BCUT2D eigenvalue weighted by Crippen LogP contribution is 2.16. The Morgan fingerprint density at radius 2 is 2.40 bits per heavy atom. The fraction of sp³-hybridized carbons (Fsp3) is 0.533. The maximum Gasteiger partial charge on any atom is 0.261 e. The van der Waals surface area contributed by atoms with Gasteiger partial charge in [-0.15, -0.1) is 11.3 Å². The molecule has 108 valence electrons. The molecule has 0 aliphatic carbocycles. The first-order valence-corrected chi connectivity index (χ1v) is 7.79. The van der Waals surface area contributed by atoms with Gasteiger partial charge in [0.1, 0.15) is 0 Å². The molecule has 3 N–H and O–H groups in total. The zero-order valence-corrected chi connectivity index (χ0v) is 12.6. The third-order valence-electron chi connectivity index (χ3n) is 3.56. The van der Waals surface area contributed by atoms with Gasteiger partial charge in [0.25, 0.3) is 5.91 Å². The van der Waals surface area contributed by atoms with Crippen molar-refractivity contribution >= 4 is 17.2 Å². The Balaban J connectivity index is 1.86. The Labute approximate surface area is 124 Å². The number of nitrogens with two attached hydrogens (primary N) is 1. The summed E-state index contributed by atoms with van der Waals surface area (Å²) in [5.74, 6) is 5.74. The van der Waals surface area contributed by atoms with Gasteiger partial charge in [-0.05, 0) is 38.6 Å². The van der Waals surface area contributed by atoms with Crippen LogP contribution in [0.4, 0.5) is 0 Å². The van der Waals surface area contributed by atoms with Crippen LogP contribution < -0.4 is 11.1 Å². The lowest BCUT2D eigenvalue weighted by Crippen LogP contribution is -2.44. The van der Waals surface area contributed by atoms with Crippen molar-refractivity contribution in [3.05, 3.63) is 21.9 Å². The second-order valence-corrected chi connectivity index (χ2v) is 6.09. The largest absolute Gasteiger partial charge is 0.350 e. The topological polar surface area (TPSA) is 58.4 Å². The summed E-state index contributed by atoms with van der Waals surface area (Å²) in [5, 5.41) is 3.03. The Morgan fingerprint density at radius 1 is 1.55 bits per heavy atom. The molecule has 1 unspecified atom stereocenters. The number of hydrogen-bond acceptors (Lipinski definition) is 4. The average molecular weight is 291 g/mol. The van der Waals surface area contributed by atoms with E-state index in [2.05, 4.69) is 29.1 Å². The molecule has 5 heteroatoms. The van der Waals surface area contributed by atoms with Crippen LogP contribution >= 0.6 is 11.3 Å². The molecule has 1 atom stereocenters. The highest BCUT2D eigenvalue weighted by atomic mass is 32.1. The quantitative estimate of drug-likeness (QED) is 0.825. The first kappa shape index (κ1) is 15.0. The highest BCUT2D eigenvalue weighted by molar-refractivity contribution is 7.14. The molecule has 1 fully saturated rings. The fourth-order valence-electron chi connectivity index (χ4n) is 2.36. The zero-order chi connectivity index (χ0) is 14.4. The van der Waals surface area contributed by atoms with E-state index >= 15 is 0 Å². The van der Waals surface area contributed by atoms with Gasteiger partial charge in [-0.3, -0.25) is 4.79 Å². The highest BCUT2D eigenvalue weighted by Gasteiger charge is 2.19. The van der Waals surface area contributed by atoms with E-state index < -0.39 is 0 Å². The molecular weight excluding hydrogens is 270 g/mol. The van der Waals surface area contributed by atoms with Crippen molar-refractivity contribution < 1.29 is 4.79 Å². The van der Waals surface area contributed by atoms with Crippen LogP contribution in [0.5, 0.6) is 0 Å². The smallest absolute Gasteiger partial charge is 0.261 e. The molecule has 1 aliphatic heterocycles.